The molecule has 4 aromatic carbocycles. The summed E-state index contributed by atoms with van der Waals surface area (Å²) in [6.07, 6.45) is 0.896. The third-order valence-corrected chi connectivity index (χ3v) is 6.72. The Bertz CT molecular complexity index is 1900. The predicted molar refractivity (Wildman–Crippen MR) is 150 cm³/mol. The lowest BCUT2D eigenvalue weighted by Gasteiger charge is -2.09. The van der Waals surface area contributed by atoms with E-state index in [4.69, 9.17) is 20.4 Å². The quantitative estimate of drug-likeness (QED) is 0.235. The highest BCUT2D eigenvalue weighted by Crippen LogP contribution is 2.33. The maximum Gasteiger partial charge on any atom is 0.344 e. The summed E-state index contributed by atoms with van der Waals surface area (Å²) in [5, 5.41) is 4.16. The molecule has 0 unspecified atom stereocenters. The zero-order valence-corrected chi connectivity index (χ0v) is 21.1. The minimum Gasteiger partial charge on any atom is -0.436 e. The van der Waals surface area contributed by atoms with Crippen molar-refractivity contribution in [3.05, 3.63) is 118 Å². The zero-order chi connectivity index (χ0) is 26.2. The van der Waals surface area contributed by atoms with Crippen molar-refractivity contribution in [2.24, 2.45) is 0 Å². The first kappa shape index (κ1) is 23.7. The molecular formula is C31H21ClN2O4. The number of hydrogen-bond donors (Lipinski definition) is 1. The summed E-state index contributed by atoms with van der Waals surface area (Å²) >= 11 is 6.46. The predicted octanol–water partition coefficient (Wildman–Crippen LogP) is 7.74. The van der Waals surface area contributed by atoms with Crippen molar-refractivity contribution in [2.45, 2.75) is 13.3 Å². The molecule has 1 N–H and O–H groups in total. The number of anilines is 1. The Kier molecular flexibility index (Phi) is 6.02. The molecule has 2 heterocycles. The summed E-state index contributed by atoms with van der Waals surface area (Å²) in [5.74, 6) is 0.0369. The molecule has 6 nitrogen and oxygen atoms in total. The fourth-order valence-electron chi connectivity index (χ4n) is 4.37. The first-order valence-electron chi connectivity index (χ1n) is 12.1. The van der Waals surface area contributed by atoms with E-state index < -0.39 is 5.63 Å². The summed E-state index contributed by atoms with van der Waals surface area (Å²) in [6, 6.07) is 27.0. The number of carbonyl (C=O) groups is 1. The Morgan fingerprint density at radius 2 is 1.74 bits per heavy atom. The molecule has 0 bridgehead atoms. The SMILES string of the molecule is CCc1ccc2oc(-c3cc(NC(=O)c4cccc(-c5cc6ccccc6oc5=O)c4)ccc3Cl)nc2c1. The van der Waals surface area contributed by atoms with Crippen molar-refractivity contribution in [3.63, 3.8) is 0 Å². The number of oxazole rings is 1. The molecule has 186 valence electrons. The summed E-state index contributed by atoms with van der Waals surface area (Å²) in [5.41, 5.74) is 5.08. The van der Waals surface area contributed by atoms with Crippen LogP contribution in [0.5, 0.6) is 0 Å². The van der Waals surface area contributed by atoms with Crippen molar-refractivity contribution >= 4 is 45.3 Å². The van der Waals surface area contributed by atoms with E-state index in [1.807, 2.05) is 36.4 Å². The molecule has 6 rings (SSSR count). The molecule has 0 aliphatic rings. The minimum absolute atomic E-state index is 0.338. The molecule has 0 aliphatic carbocycles. The first-order valence-corrected chi connectivity index (χ1v) is 12.5. The second kappa shape index (κ2) is 9.65. The smallest absolute Gasteiger partial charge is 0.344 e. The van der Waals surface area contributed by atoms with Gasteiger partial charge in [-0.05, 0) is 72.1 Å². The van der Waals surface area contributed by atoms with Gasteiger partial charge >= 0.3 is 5.63 Å². The Balaban J connectivity index is 1.29. The molecule has 6 aromatic rings. The van der Waals surface area contributed by atoms with Crippen LogP contribution in [-0.2, 0) is 6.42 Å². The summed E-state index contributed by atoms with van der Waals surface area (Å²) < 4.78 is 11.4. The fourth-order valence-corrected chi connectivity index (χ4v) is 4.57. The van der Waals surface area contributed by atoms with Crippen LogP contribution in [0.15, 0.2) is 105 Å². The van der Waals surface area contributed by atoms with Crippen LogP contribution in [0.1, 0.15) is 22.8 Å². The average Bonchev–Trinajstić information content (AvgIpc) is 3.37. The number of halogens is 1. The number of hydrogen-bond acceptors (Lipinski definition) is 5. The third kappa shape index (κ3) is 4.46. The van der Waals surface area contributed by atoms with Crippen LogP contribution in [0.4, 0.5) is 5.69 Å². The molecule has 38 heavy (non-hydrogen) atoms. The van der Waals surface area contributed by atoms with Gasteiger partial charge < -0.3 is 14.2 Å². The van der Waals surface area contributed by atoms with Gasteiger partial charge in [-0.15, -0.1) is 0 Å². The topological polar surface area (TPSA) is 85.3 Å². The zero-order valence-electron chi connectivity index (χ0n) is 20.3. The normalized spacial score (nSPS) is 11.2. The monoisotopic (exact) mass is 520 g/mol. The van der Waals surface area contributed by atoms with Crippen LogP contribution in [0, 0.1) is 0 Å². The number of rotatable bonds is 5. The van der Waals surface area contributed by atoms with E-state index in [-0.39, 0.29) is 5.91 Å². The van der Waals surface area contributed by atoms with E-state index in [2.05, 4.69) is 17.2 Å². The van der Waals surface area contributed by atoms with Crippen molar-refractivity contribution < 1.29 is 13.6 Å². The van der Waals surface area contributed by atoms with Gasteiger partial charge in [-0.3, -0.25) is 4.79 Å². The van der Waals surface area contributed by atoms with Crippen molar-refractivity contribution in [1.82, 2.24) is 4.98 Å². The van der Waals surface area contributed by atoms with Gasteiger partial charge in [-0.25, -0.2) is 9.78 Å². The van der Waals surface area contributed by atoms with Crippen LogP contribution < -0.4 is 10.9 Å². The van der Waals surface area contributed by atoms with Crippen LogP contribution in [0.3, 0.4) is 0 Å². The highest BCUT2D eigenvalue weighted by Gasteiger charge is 2.15. The Morgan fingerprint density at radius 1 is 0.868 bits per heavy atom. The van der Waals surface area contributed by atoms with Gasteiger partial charge in [0.25, 0.3) is 5.91 Å². The van der Waals surface area contributed by atoms with Crippen molar-refractivity contribution in [3.8, 4) is 22.6 Å². The van der Waals surface area contributed by atoms with Crippen LogP contribution >= 0.6 is 11.6 Å². The maximum atomic E-state index is 13.2. The van der Waals surface area contributed by atoms with Crippen LogP contribution in [0.25, 0.3) is 44.7 Å². The molecular weight excluding hydrogens is 500 g/mol. The summed E-state index contributed by atoms with van der Waals surface area (Å²) in [7, 11) is 0. The van der Waals surface area contributed by atoms with Gasteiger partial charge in [0, 0.05) is 16.6 Å². The molecule has 0 saturated carbocycles. The maximum absolute atomic E-state index is 13.2. The number of para-hydroxylation sites is 1. The molecule has 0 saturated heterocycles. The molecule has 7 heteroatoms. The number of fused-ring (bicyclic) bond motifs is 2. The summed E-state index contributed by atoms with van der Waals surface area (Å²) in [4.78, 5) is 30.4. The molecule has 0 aliphatic heterocycles. The lowest BCUT2D eigenvalue weighted by molar-refractivity contribution is 0.102. The van der Waals surface area contributed by atoms with E-state index in [0.717, 1.165) is 22.9 Å². The van der Waals surface area contributed by atoms with E-state index >= 15 is 0 Å². The Hall–Kier alpha value is -4.68. The molecule has 1 amide bonds. The Labute approximate surface area is 222 Å². The number of aromatic nitrogens is 1. The molecule has 2 aromatic heterocycles. The molecule has 0 radical (unpaired) electrons. The third-order valence-electron chi connectivity index (χ3n) is 6.39. The molecule has 0 spiro atoms. The minimum atomic E-state index is -0.465. The standard InChI is InChI=1S/C31H21ClN2O4/c1-2-18-10-13-28-26(14-18)34-30(37-28)24-17-22(11-12-25(24)32)33-29(35)21-8-5-7-19(15-21)23-16-20-6-3-4-9-27(20)38-31(23)36/h3-17H,2H2,1H3,(H,33,35). The van der Waals surface area contributed by atoms with E-state index in [1.54, 1.807) is 54.6 Å². The highest BCUT2D eigenvalue weighted by molar-refractivity contribution is 6.33. The number of carbonyl (C=O) groups excluding carboxylic acids is 1. The van der Waals surface area contributed by atoms with E-state index in [9.17, 15) is 9.59 Å². The van der Waals surface area contributed by atoms with Crippen molar-refractivity contribution in [2.75, 3.05) is 5.32 Å². The largest absolute Gasteiger partial charge is 0.436 e. The van der Waals surface area contributed by atoms with Gasteiger partial charge in [0.1, 0.15) is 11.1 Å². The summed E-state index contributed by atoms with van der Waals surface area (Å²) in [6.45, 7) is 2.08. The first-order chi connectivity index (χ1) is 18.5. The van der Waals surface area contributed by atoms with E-state index in [1.165, 1.54) is 0 Å². The number of amides is 1. The number of benzene rings is 4. The molecule has 0 fully saturated rings. The number of nitrogens with zero attached hydrogens (tertiary/aromatic N) is 1. The van der Waals surface area contributed by atoms with E-state index in [0.29, 0.717) is 50.0 Å². The van der Waals surface area contributed by atoms with Crippen LogP contribution in [-0.4, -0.2) is 10.9 Å². The van der Waals surface area contributed by atoms with Gasteiger partial charge in [-0.2, -0.15) is 0 Å². The van der Waals surface area contributed by atoms with Gasteiger partial charge in [0.2, 0.25) is 5.89 Å². The number of nitrogens with one attached hydrogen (secondary N) is 1. The average molecular weight is 521 g/mol. The second-order valence-corrected chi connectivity index (χ2v) is 9.30. The lowest BCUT2D eigenvalue weighted by Crippen LogP contribution is -2.12. The highest BCUT2D eigenvalue weighted by atomic mass is 35.5. The lowest BCUT2D eigenvalue weighted by atomic mass is 10.0. The Morgan fingerprint density at radius 3 is 2.61 bits per heavy atom. The second-order valence-electron chi connectivity index (χ2n) is 8.89. The van der Waals surface area contributed by atoms with Gasteiger partial charge in [0.05, 0.1) is 16.1 Å². The van der Waals surface area contributed by atoms with Crippen LogP contribution in [0.2, 0.25) is 5.02 Å². The van der Waals surface area contributed by atoms with Gasteiger partial charge in [0.15, 0.2) is 5.58 Å². The number of aryl methyl sites for hydroxylation is 1. The molecule has 0 atom stereocenters. The van der Waals surface area contributed by atoms with Gasteiger partial charge in [-0.1, -0.05) is 54.9 Å². The fraction of sp³-hybridized carbons (Fsp3) is 0.0645. The van der Waals surface area contributed by atoms with Crippen molar-refractivity contribution in [1.29, 1.82) is 0 Å².